The van der Waals surface area contributed by atoms with Gasteiger partial charge in [-0.25, -0.2) is 9.97 Å². The molecule has 2 atom stereocenters. The van der Waals surface area contributed by atoms with Crippen molar-refractivity contribution in [3.63, 3.8) is 0 Å². The smallest absolute Gasteiger partial charge is 0.161 e. The Kier molecular flexibility index (Phi) is 3.96. The largest absolute Gasteiger partial charge is 0.367 e. The number of ether oxygens (including phenoxy) is 1. The van der Waals surface area contributed by atoms with Crippen LogP contribution in [0.4, 0.5) is 0 Å². The molecule has 2 fully saturated rings. The molecule has 2 aliphatic rings. The number of aromatic nitrogens is 2. The number of rotatable bonds is 1. The monoisotopic (exact) mass is 399 g/mol. The Morgan fingerprint density at radius 1 is 1.28 bits per heavy atom. The summed E-state index contributed by atoms with van der Waals surface area (Å²) in [6.07, 6.45) is 2.35. The zero-order valence-corrected chi connectivity index (χ0v) is 13.2. The Balaban J connectivity index is 1.83. The second-order valence-corrected chi connectivity index (χ2v) is 6.39. The van der Waals surface area contributed by atoms with E-state index in [1.807, 2.05) is 22.6 Å². The van der Waals surface area contributed by atoms with Crippen molar-refractivity contribution in [2.45, 2.75) is 25.0 Å². The summed E-state index contributed by atoms with van der Waals surface area (Å²) in [5, 5.41) is 0.801. The lowest BCUT2D eigenvalue weighted by Gasteiger charge is -2.34. The summed E-state index contributed by atoms with van der Waals surface area (Å²) in [6, 6.07) is 0.566. The molecule has 2 aliphatic heterocycles. The molecular weight excluding hydrogens is 388 g/mol. The van der Waals surface area contributed by atoms with Crippen LogP contribution in [0.2, 0.25) is 10.3 Å². The highest BCUT2D eigenvalue weighted by Gasteiger charge is 2.34. The fourth-order valence-electron chi connectivity index (χ4n) is 2.53. The Morgan fingerprint density at radius 3 is 2.72 bits per heavy atom. The third-order valence-electron chi connectivity index (χ3n) is 3.46. The Labute approximate surface area is 129 Å². The third kappa shape index (κ3) is 2.47. The molecule has 0 N–H and O–H groups in total. The van der Waals surface area contributed by atoms with Crippen molar-refractivity contribution < 1.29 is 4.74 Å². The first-order valence-electron chi connectivity index (χ1n) is 5.89. The molecule has 0 spiro atoms. The van der Waals surface area contributed by atoms with Crippen LogP contribution in [0.3, 0.4) is 0 Å². The second-order valence-electron chi connectivity index (χ2n) is 4.59. The van der Waals surface area contributed by atoms with Gasteiger partial charge in [-0.05, 0) is 42.0 Å². The predicted molar refractivity (Wildman–Crippen MR) is 78.1 cm³/mol. The van der Waals surface area contributed by atoms with E-state index in [2.05, 4.69) is 14.9 Å². The van der Waals surface area contributed by atoms with Gasteiger partial charge in [0.2, 0.25) is 0 Å². The topological polar surface area (TPSA) is 38.2 Å². The van der Waals surface area contributed by atoms with Crippen LogP contribution in [0.5, 0.6) is 0 Å². The molecule has 98 valence electrons. The Bertz CT molecular complexity index is 451. The lowest BCUT2D eigenvalue weighted by atomic mass is 10.2. The first kappa shape index (κ1) is 13.3. The molecule has 1 aromatic heterocycles. The summed E-state index contributed by atoms with van der Waals surface area (Å²) in [7, 11) is 0. The van der Waals surface area contributed by atoms with Crippen molar-refractivity contribution in [1.82, 2.24) is 14.9 Å². The quantitative estimate of drug-likeness (QED) is 0.537. The van der Waals surface area contributed by atoms with Crippen LogP contribution in [-0.2, 0) is 4.74 Å². The van der Waals surface area contributed by atoms with Crippen LogP contribution in [0.25, 0.3) is 0 Å². The fourth-order valence-corrected chi connectivity index (χ4v) is 3.17. The summed E-state index contributed by atoms with van der Waals surface area (Å²) in [5.74, 6) is 0.593. The van der Waals surface area contributed by atoms with Gasteiger partial charge in [0.25, 0.3) is 0 Å². The van der Waals surface area contributed by atoms with Crippen molar-refractivity contribution in [2.75, 3.05) is 19.7 Å². The van der Waals surface area contributed by atoms with Gasteiger partial charge < -0.3 is 4.74 Å². The summed E-state index contributed by atoms with van der Waals surface area (Å²) in [5.41, 5.74) is 0. The van der Waals surface area contributed by atoms with Crippen LogP contribution >= 0.6 is 45.8 Å². The number of hydrogen-bond donors (Lipinski definition) is 0. The van der Waals surface area contributed by atoms with Crippen molar-refractivity contribution in [1.29, 1.82) is 0 Å². The summed E-state index contributed by atoms with van der Waals surface area (Å²) >= 11 is 14.1. The molecule has 0 aromatic carbocycles. The molecule has 2 saturated heterocycles. The molecule has 0 amide bonds. The minimum Gasteiger partial charge on any atom is -0.367 e. The number of fused-ring (bicyclic) bond motifs is 1. The van der Waals surface area contributed by atoms with Gasteiger partial charge in [0.15, 0.2) is 5.82 Å². The van der Waals surface area contributed by atoms with Crippen LogP contribution in [0.1, 0.15) is 24.8 Å². The van der Waals surface area contributed by atoms with Crippen LogP contribution in [0, 0.1) is 3.57 Å². The molecule has 3 rings (SSSR count). The van der Waals surface area contributed by atoms with Gasteiger partial charge in [0.05, 0.1) is 10.2 Å². The average molecular weight is 400 g/mol. The lowest BCUT2D eigenvalue weighted by Crippen LogP contribution is -2.42. The fraction of sp³-hybridized carbons (Fsp3) is 0.636. The minimum atomic E-state index is -0.119. The van der Waals surface area contributed by atoms with Gasteiger partial charge in [-0.1, -0.05) is 23.2 Å². The molecule has 18 heavy (non-hydrogen) atoms. The van der Waals surface area contributed by atoms with Crippen LogP contribution < -0.4 is 0 Å². The summed E-state index contributed by atoms with van der Waals surface area (Å²) in [4.78, 5) is 11.0. The van der Waals surface area contributed by atoms with Gasteiger partial charge >= 0.3 is 0 Å². The van der Waals surface area contributed by atoms with Gasteiger partial charge in [-0.2, -0.15) is 0 Å². The highest BCUT2D eigenvalue weighted by atomic mass is 127. The third-order valence-corrected chi connectivity index (χ3v) is 5.67. The van der Waals surface area contributed by atoms with Crippen molar-refractivity contribution in [3.8, 4) is 0 Å². The molecule has 3 heterocycles. The van der Waals surface area contributed by atoms with E-state index >= 15 is 0 Å². The van der Waals surface area contributed by atoms with E-state index in [0.29, 0.717) is 25.7 Å². The number of nitrogens with zero attached hydrogens (tertiary/aromatic N) is 3. The Morgan fingerprint density at radius 2 is 2.00 bits per heavy atom. The first-order chi connectivity index (χ1) is 8.65. The zero-order chi connectivity index (χ0) is 12.7. The maximum absolute atomic E-state index is 6.04. The first-order valence-corrected chi connectivity index (χ1v) is 7.72. The molecule has 0 aliphatic carbocycles. The second kappa shape index (κ2) is 5.36. The highest BCUT2D eigenvalue weighted by Crippen LogP contribution is 2.31. The van der Waals surface area contributed by atoms with Crippen molar-refractivity contribution in [2.24, 2.45) is 0 Å². The highest BCUT2D eigenvalue weighted by molar-refractivity contribution is 14.1. The molecule has 2 unspecified atom stereocenters. The van der Waals surface area contributed by atoms with E-state index in [0.717, 1.165) is 19.7 Å². The molecule has 4 nitrogen and oxygen atoms in total. The molecule has 0 bridgehead atoms. The number of morpholine rings is 1. The standard InChI is InChI=1S/C11H12Cl2IN3O/c12-9-8(14)10(13)16-11(15-9)7-4-17-3-1-2-6(17)5-18-7/h6-7H,1-5H2. The summed E-state index contributed by atoms with van der Waals surface area (Å²) in [6.45, 7) is 2.71. The van der Waals surface area contributed by atoms with Crippen molar-refractivity contribution >= 4 is 45.8 Å². The van der Waals surface area contributed by atoms with E-state index in [1.165, 1.54) is 12.8 Å². The predicted octanol–water partition coefficient (Wildman–Crippen LogP) is 2.92. The molecule has 0 saturated carbocycles. The van der Waals surface area contributed by atoms with Gasteiger partial charge in [0, 0.05) is 12.6 Å². The average Bonchev–Trinajstić information content (AvgIpc) is 2.82. The van der Waals surface area contributed by atoms with E-state index in [1.54, 1.807) is 0 Å². The lowest BCUT2D eigenvalue weighted by molar-refractivity contribution is -0.0541. The van der Waals surface area contributed by atoms with E-state index < -0.39 is 0 Å². The minimum absolute atomic E-state index is 0.119. The SMILES string of the molecule is Clc1nc(C2CN3CCCC3CO2)nc(Cl)c1I. The molecular formula is C11H12Cl2IN3O. The van der Waals surface area contributed by atoms with E-state index in [4.69, 9.17) is 27.9 Å². The number of halogens is 3. The van der Waals surface area contributed by atoms with Gasteiger partial charge in [-0.3, -0.25) is 4.90 Å². The van der Waals surface area contributed by atoms with Gasteiger partial charge in [0.1, 0.15) is 16.4 Å². The van der Waals surface area contributed by atoms with E-state index in [-0.39, 0.29) is 6.10 Å². The normalized spacial score (nSPS) is 28.4. The van der Waals surface area contributed by atoms with E-state index in [9.17, 15) is 0 Å². The molecule has 1 aromatic rings. The maximum Gasteiger partial charge on any atom is 0.161 e. The van der Waals surface area contributed by atoms with Crippen molar-refractivity contribution in [3.05, 3.63) is 19.7 Å². The molecule has 0 radical (unpaired) electrons. The van der Waals surface area contributed by atoms with Gasteiger partial charge in [-0.15, -0.1) is 0 Å². The maximum atomic E-state index is 6.04. The van der Waals surface area contributed by atoms with Crippen LogP contribution in [0.15, 0.2) is 0 Å². The van der Waals surface area contributed by atoms with Crippen LogP contribution in [-0.4, -0.2) is 40.6 Å². The zero-order valence-electron chi connectivity index (χ0n) is 9.57. The number of hydrogen-bond acceptors (Lipinski definition) is 4. The summed E-state index contributed by atoms with van der Waals surface area (Å²) < 4.78 is 6.53. The molecule has 7 heteroatoms. The Hall–Kier alpha value is 0.310.